The van der Waals surface area contributed by atoms with E-state index in [1.54, 1.807) is 4.90 Å². The lowest BCUT2D eigenvalue weighted by Gasteiger charge is -2.30. The average Bonchev–Trinajstić information content (AvgIpc) is 3.16. The van der Waals surface area contributed by atoms with Crippen molar-refractivity contribution in [1.29, 1.82) is 0 Å². The maximum absolute atomic E-state index is 12.8. The number of amides is 1. The van der Waals surface area contributed by atoms with Gasteiger partial charge in [-0.2, -0.15) is 5.10 Å². The van der Waals surface area contributed by atoms with Crippen LogP contribution in [-0.2, 0) is 4.79 Å². The second-order valence-corrected chi connectivity index (χ2v) is 7.40. The largest absolute Gasteiger partial charge is 0.481 e. The predicted molar refractivity (Wildman–Crippen MR) is 110 cm³/mol. The highest BCUT2D eigenvalue weighted by Gasteiger charge is 2.27. The van der Waals surface area contributed by atoms with Gasteiger partial charge in [-0.15, -0.1) is 0 Å². The first-order valence-corrected chi connectivity index (χ1v) is 9.77. The summed E-state index contributed by atoms with van der Waals surface area (Å²) >= 11 is 0. The standard InChI is InChI=1S/C23H23N3O3/c1-16-15-21(17-5-3-2-4-6-17)26(24-16)20-9-7-18(8-10-20)22(27)25-13-11-19(12-14-25)23(28)29/h2-10,15,19H,11-14H2,1H3,(H,28,29). The Balaban J connectivity index is 1.54. The lowest BCUT2D eigenvalue weighted by Crippen LogP contribution is -2.40. The Morgan fingerprint density at radius 2 is 1.66 bits per heavy atom. The monoisotopic (exact) mass is 389 g/mol. The molecule has 1 amide bonds. The smallest absolute Gasteiger partial charge is 0.306 e. The second kappa shape index (κ2) is 7.91. The number of aryl methyl sites for hydroxylation is 1. The number of hydrogen-bond acceptors (Lipinski definition) is 3. The van der Waals surface area contributed by atoms with E-state index in [0.717, 1.165) is 22.6 Å². The quantitative estimate of drug-likeness (QED) is 0.737. The second-order valence-electron chi connectivity index (χ2n) is 7.40. The molecule has 6 heteroatoms. The summed E-state index contributed by atoms with van der Waals surface area (Å²) in [5.74, 6) is -1.17. The molecule has 1 aliphatic heterocycles. The first-order chi connectivity index (χ1) is 14.0. The molecule has 2 aromatic carbocycles. The molecule has 1 fully saturated rings. The van der Waals surface area contributed by atoms with Crippen molar-refractivity contribution in [2.24, 2.45) is 5.92 Å². The Morgan fingerprint density at radius 3 is 2.28 bits per heavy atom. The van der Waals surface area contributed by atoms with E-state index >= 15 is 0 Å². The molecular formula is C23H23N3O3. The topological polar surface area (TPSA) is 75.4 Å². The third-order valence-electron chi connectivity index (χ3n) is 5.39. The van der Waals surface area contributed by atoms with Gasteiger partial charge in [-0.25, -0.2) is 4.68 Å². The zero-order chi connectivity index (χ0) is 20.4. The van der Waals surface area contributed by atoms with Gasteiger partial charge in [0.25, 0.3) is 5.91 Å². The fourth-order valence-corrected chi connectivity index (χ4v) is 3.77. The molecule has 2 heterocycles. The van der Waals surface area contributed by atoms with Crippen LogP contribution in [0.3, 0.4) is 0 Å². The van der Waals surface area contributed by atoms with Crippen LogP contribution in [0.15, 0.2) is 60.7 Å². The van der Waals surface area contributed by atoms with Crippen LogP contribution in [0.2, 0.25) is 0 Å². The fraction of sp³-hybridized carbons (Fsp3) is 0.261. The molecule has 1 aromatic heterocycles. The van der Waals surface area contributed by atoms with Crippen molar-refractivity contribution in [3.05, 3.63) is 71.9 Å². The van der Waals surface area contributed by atoms with Crippen LogP contribution in [0.4, 0.5) is 0 Å². The summed E-state index contributed by atoms with van der Waals surface area (Å²) in [7, 11) is 0. The van der Waals surface area contributed by atoms with E-state index < -0.39 is 5.97 Å². The van der Waals surface area contributed by atoms with Gasteiger partial charge >= 0.3 is 5.97 Å². The number of carbonyl (C=O) groups excluding carboxylic acids is 1. The van der Waals surface area contributed by atoms with E-state index in [1.807, 2.05) is 72.3 Å². The van der Waals surface area contributed by atoms with Gasteiger partial charge in [0.15, 0.2) is 0 Å². The van der Waals surface area contributed by atoms with Crippen LogP contribution in [-0.4, -0.2) is 44.8 Å². The van der Waals surface area contributed by atoms with Crippen molar-refractivity contribution in [1.82, 2.24) is 14.7 Å². The number of carbonyl (C=O) groups is 2. The van der Waals surface area contributed by atoms with Gasteiger partial charge in [0.05, 0.1) is 23.0 Å². The van der Waals surface area contributed by atoms with E-state index in [0.29, 0.717) is 31.5 Å². The molecule has 0 bridgehead atoms. The molecule has 148 valence electrons. The number of rotatable bonds is 4. The molecular weight excluding hydrogens is 366 g/mol. The Bertz CT molecular complexity index is 1020. The van der Waals surface area contributed by atoms with Gasteiger partial charge in [0.1, 0.15) is 0 Å². The minimum atomic E-state index is -0.773. The molecule has 0 unspecified atom stereocenters. The van der Waals surface area contributed by atoms with Crippen molar-refractivity contribution >= 4 is 11.9 Å². The molecule has 0 spiro atoms. The summed E-state index contributed by atoms with van der Waals surface area (Å²) < 4.78 is 1.89. The van der Waals surface area contributed by atoms with Gasteiger partial charge < -0.3 is 10.0 Å². The molecule has 0 aliphatic carbocycles. The Kier molecular flexibility index (Phi) is 5.16. The highest BCUT2D eigenvalue weighted by Crippen LogP contribution is 2.25. The van der Waals surface area contributed by atoms with Crippen LogP contribution in [0, 0.1) is 12.8 Å². The van der Waals surface area contributed by atoms with E-state index in [4.69, 9.17) is 5.11 Å². The molecule has 4 rings (SSSR count). The van der Waals surface area contributed by atoms with Crippen LogP contribution in [0.25, 0.3) is 16.9 Å². The van der Waals surface area contributed by atoms with Crippen molar-refractivity contribution in [2.75, 3.05) is 13.1 Å². The molecule has 0 atom stereocenters. The number of aliphatic carboxylic acids is 1. The van der Waals surface area contributed by atoms with E-state index in [9.17, 15) is 9.59 Å². The van der Waals surface area contributed by atoms with Gasteiger partial charge in [-0.1, -0.05) is 30.3 Å². The first kappa shape index (κ1) is 18.9. The maximum atomic E-state index is 12.8. The van der Waals surface area contributed by atoms with E-state index in [2.05, 4.69) is 5.10 Å². The summed E-state index contributed by atoms with van der Waals surface area (Å²) in [5.41, 5.74) is 4.49. The van der Waals surface area contributed by atoms with Crippen molar-refractivity contribution < 1.29 is 14.7 Å². The lowest BCUT2D eigenvalue weighted by molar-refractivity contribution is -0.143. The lowest BCUT2D eigenvalue weighted by atomic mass is 9.96. The van der Waals surface area contributed by atoms with Gasteiger partial charge in [0, 0.05) is 24.2 Å². The summed E-state index contributed by atoms with van der Waals surface area (Å²) in [6.07, 6.45) is 1.01. The molecule has 3 aromatic rings. The summed E-state index contributed by atoms with van der Waals surface area (Å²) in [5, 5.41) is 13.7. The van der Waals surface area contributed by atoms with Crippen LogP contribution in [0.5, 0.6) is 0 Å². The minimum absolute atomic E-state index is 0.0553. The Labute approximate surface area is 169 Å². The molecule has 1 aliphatic rings. The number of carboxylic acids is 1. The maximum Gasteiger partial charge on any atom is 0.306 e. The molecule has 1 saturated heterocycles. The zero-order valence-corrected chi connectivity index (χ0v) is 16.3. The summed E-state index contributed by atoms with van der Waals surface area (Å²) in [6.45, 7) is 2.92. The minimum Gasteiger partial charge on any atom is -0.481 e. The van der Waals surface area contributed by atoms with Gasteiger partial charge in [-0.05, 0) is 50.1 Å². The van der Waals surface area contributed by atoms with Crippen molar-refractivity contribution in [3.8, 4) is 16.9 Å². The summed E-state index contributed by atoms with van der Waals surface area (Å²) in [6, 6.07) is 19.5. The number of aromatic nitrogens is 2. The van der Waals surface area contributed by atoms with Crippen LogP contribution >= 0.6 is 0 Å². The number of likely N-dealkylation sites (tertiary alicyclic amines) is 1. The number of hydrogen-bond donors (Lipinski definition) is 1. The highest BCUT2D eigenvalue weighted by molar-refractivity contribution is 5.94. The first-order valence-electron chi connectivity index (χ1n) is 9.77. The number of piperidine rings is 1. The third kappa shape index (κ3) is 3.92. The normalized spacial score (nSPS) is 14.7. The molecule has 29 heavy (non-hydrogen) atoms. The molecule has 0 saturated carbocycles. The van der Waals surface area contributed by atoms with Gasteiger partial charge in [-0.3, -0.25) is 9.59 Å². The third-order valence-corrected chi connectivity index (χ3v) is 5.39. The van der Waals surface area contributed by atoms with Crippen LogP contribution in [0.1, 0.15) is 28.9 Å². The van der Waals surface area contributed by atoms with Crippen LogP contribution < -0.4 is 0 Å². The fourth-order valence-electron chi connectivity index (χ4n) is 3.77. The Morgan fingerprint density at radius 1 is 1.00 bits per heavy atom. The average molecular weight is 389 g/mol. The number of carboxylic acid groups (broad SMARTS) is 1. The van der Waals surface area contributed by atoms with Crippen molar-refractivity contribution in [3.63, 3.8) is 0 Å². The number of benzene rings is 2. The van der Waals surface area contributed by atoms with E-state index in [-0.39, 0.29) is 11.8 Å². The van der Waals surface area contributed by atoms with E-state index in [1.165, 1.54) is 0 Å². The molecule has 6 nitrogen and oxygen atoms in total. The van der Waals surface area contributed by atoms with Gasteiger partial charge in [0.2, 0.25) is 0 Å². The number of nitrogens with zero attached hydrogens (tertiary/aromatic N) is 3. The Hall–Kier alpha value is -3.41. The molecule has 0 radical (unpaired) electrons. The SMILES string of the molecule is Cc1cc(-c2ccccc2)n(-c2ccc(C(=O)N3CCC(C(=O)O)CC3)cc2)n1. The summed E-state index contributed by atoms with van der Waals surface area (Å²) in [4.78, 5) is 25.6. The highest BCUT2D eigenvalue weighted by atomic mass is 16.4. The predicted octanol–water partition coefficient (Wildman–Crippen LogP) is 3.78. The zero-order valence-electron chi connectivity index (χ0n) is 16.3. The van der Waals surface area contributed by atoms with Crippen molar-refractivity contribution in [2.45, 2.75) is 19.8 Å². The molecule has 1 N–H and O–H groups in total.